The van der Waals surface area contributed by atoms with Crippen LogP contribution in [0.15, 0.2) is 17.0 Å². The number of halogens is 2. The molecule has 0 fully saturated rings. The lowest BCUT2D eigenvalue weighted by Crippen LogP contribution is -2.47. The molecule has 0 aromatic heterocycles. The number of carbonyl (C=O) groups excluding carboxylic acids is 1. The number of rotatable bonds is 1. The number of nitrogens with one attached hydrogen (secondary N) is 1. The van der Waals surface area contributed by atoms with Crippen LogP contribution >= 0.6 is 23.2 Å². The second-order valence-corrected chi connectivity index (χ2v) is 6.12. The van der Waals surface area contributed by atoms with E-state index in [4.69, 9.17) is 28.3 Å². The highest BCUT2D eigenvalue weighted by Gasteiger charge is 2.29. The number of hydrogen-bond acceptors (Lipinski definition) is 4. The fraction of sp³-hybridized carbons (Fsp3) is 0.222. The quantitative estimate of drug-likeness (QED) is 0.589. The van der Waals surface area contributed by atoms with Gasteiger partial charge in [-0.15, -0.1) is 0 Å². The summed E-state index contributed by atoms with van der Waals surface area (Å²) in [5, 5.41) is 7.42. The molecule has 0 saturated heterocycles. The number of fused-ring (bicyclic) bond motifs is 1. The van der Waals surface area contributed by atoms with Gasteiger partial charge in [0.1, 0.15) is 4.90 Å². The van der Waals surface area contributed by atoms with Gasteiger partial charge in [0.2, 0.25) is 10.0 Å². The molecule has 1 aromatic rings. The first-order valence-electron chi connectivity index (χ1n) is 4.76. The maximum absolute atomic E-state index is 11.7. The molecule has 1 atom stereocenters. The highest BCUT2D eigenvalue weighted by Crippen LogP contribution is 2.33. The van der Waals surface area contributed by atoms with Crippen molar-refractivity contribution < 1.29 is 13.2 Å². The molecule has 0 bridgehead atoms. The Morgan fingerprint density at radius 2 is 2.06 bits per heavy atom. The fourth-order valence-electron chi connectivity index (χ4n) is 1.64. The zero-order valence-electron chi connectivity index (χ0n) is 9.15. The number of hydrogen-bond donors (Lipinski definition) is 2. The van der Waals surface area contributed by atoms with Crippen molar-refractivity contribution in [3.63, 3.8) is 0 Å². The topological polar surface area (TPSA) is 92.5 Å². The van der Waals surface area contributed by atoms with Crippen molar-refractivity contribution in [2.24, 2.45) is 5.14 Å². The van der Waals surface area contributed by atoms with Gasteiger partial charge in [-0.1, -0.05) is 23.2 Å². The van der Waals surface area contributed by atoms with Crippen LogP contribution in [0.3, 0.4) is 0 Å². The van der Waals surface area contributed by atoms with Gasteiger partial charge in [-0.2, -0.15) is 0 Å². The van der Waals surface area contributed by atoms with Gasteiger partial charge in [0.05, 0.1) is 16.3 Å². The molecule has 1 aliphatic rings. The molecule has 1 unspecified atom stereocenters. The molecule has 9 heteroatoms. The Balaban J connectivity index is 2.70. The molecule has 1 amide bonds. The average molecular weight is 310 g/mol. The van der Waals surface area contributed by atoms with E-state index in [1.165, 1.54) is 6.07 Å². The van der Waals surface area contributed by atoms with E-state index in [9.17, 15) is 13.2 Å². The first kappa shape index (κ1) is 13.4. The number of sulfonamides is 1. The molecule has 1 aromatic carbocycles. The largest absolute Gasteiger partial charge is 0.341 e. The number of benzene rings is 1. The third-order valence-electron chi connectivity index (χ3n) is 2.57. The summed E-state index contributed by atoms with van der Waals surface area (Å²) in [5.41, 5.74) is -0.125. The number of carbonyl (C=O) groups is 1. The van der Waals surface area contributed by atoms with Crippen LogP contribution in [0.2, 0.25) is 5.02 Å². The predicted octanol–water partition coefficient (Wildman–Crippen LogP) is 0.689. The first-order valence-corrected chi connectivity index (χ1v) is 7.12. The highest BCUT2D eigenvalue weighted by atomic mass is 35.5. The summed E-state index contributed by atoms with van der Waals surface area (Å²) in [4.78, 5) is 13.0. The summed E-state index contributed by atoms with van der Waals surface area (Å²) in [7, 11) is -2.34. The van der Waals surface area contributed by atoms with Crippen LogP contribution < -0.4 is 15.4 Å². The van der Waals surface area contributed by atoms with Crippen LogP contribution in [-0.2, 0) is 10.0 Å². The number of nitrogens with two attached hydrogens (primary N) is 1. The molecule has 1 aliphatic heterocycles. The minimum absolute atomic E-state index is 0.0540. The van der Waals surface area contributed by atoms with E-state index >= 15 is 0 Å². The average Bonchev–Trinajstić information content (AvgIpc) is 2.23. The molecular weight excluding hydrogens is 301 g/mol. The van der Waals surface area contributed by atoms with E-state index < -0.39 is 21.6 Å². The lowest BCUT2D eigenvalue weighted by atomic mass is 10.1. The SMILES string of the molecule is CN1c2cc(Cl)c(S(N)(=O)=O)cc2C(=O)NC1Cl. The van der Waals surface area contributed by atoms with Gasteiger partial charge in [-0.3, -0.25) is 4.79 Å². The lowest BCUT2D eigenvalue weighted by molar-refractivity contribution is 0.0942. The number of anilines is 1. The molecule has 0 radical (unpaired) electrons. The van der Waals surface area contributed by atoms with Gasteiger partial charge in [-0.05, 0) is 12.1 Å². The zero-order chi connectivity index (χ0) is 13.7. The Morgan fingerprint density at radius 3 is 2.61 bits per heavy atom. The molecular formula is C9H9Cl2N3O3S. The Kier molecular flexibility index (Phi) is 3.18. The normalized spacial score (nSPS) is 19.4. The van der Waals surface area contributed by atoms with Gasteiger partial charge in [-0.25, -0.2) is 13.6 Å². The standard InChI is InChI=1S/C9H9Cl2N3O3S/c1-14-6-3-5(10)7(18(12,16)17)2-4(6)8(15)13-9(14)11/h2-3,9H,1H3,(H,13,15)(H2,12,16,17). The van der Waals surface area contributed by atoms with E-state index in [0.29, 0.717) is 5.69 Å². The number of nitrogens with zero attached hydrogens (tertiary/aromatic N) is 1. The van der Waals surface area contributed by atoms with Crippen molar-refractivity contribution in [1.82, 2.24) is 5.32 Å². The van der Waals surface area contributed by atoms with Crippen LogP contribution in [0.5, 0.6) is 0 Å². The Morgan fingerprint density at radius 1 is 1.44 bits per heavy atom. The van der Waals surface area contributed by atoms with Gasteiger partial charge >= 0.3 is 0 Å². The summed E-state index contributed by atoms with van der Waals surface area (Å²) in [5.74, 6) is -0.482. The predicted molar refractivity (Wildman–Crippen MR) is 68.3 cm³/mol. The van der Waals surface area contributed by atoms with Crippen molar-refractivity contribution >= 4 is 44.8 Å². The molecule has 0 saturated carbocycles. The minimum Gasteiger partial charge on any atom is -0.341 e. The molecule has 0 aliphatic carbocycles. The van der Waals surface area contributed by atoms with Crippen molar-refractivity contribution in [3.8, 4) is 0 Å². The van der Waals surface area contributed by atoms with Crippen molar-refractivity contribution in [2.45, 2.75) is 10.5 Å². The second kappa shape index (κ2) is 4.27. The van der Waals surface area contributed by atoms with E-state index in [0.717, 1.165) is 6.07 Å². The monoisotopic (exact) mass is 309 g/mol. The van der Waals surface area contributed by atoms with Crippen molar-refractivity contribution in [3.05, 3.63) is 22.7 Å². The van der Waals surface area contributed by atoms with Crippen LogP contribution in [0.1, 0.15) is 10.4 Å². The summed E-state index contributed by atoms with van der Waals surface area (Å²) in [6, 6.07) is 2.49. The zero-order valence-corrected chi connectivity index (χ0v) is 11.5. The Labute approximate surface area is 114 Å². The van der Waals surface area contributed by atoms with Gasteiger partial charge in [0, 0.05) is 7.05 Å². The summed E-state index contributed by atoms with van der Waals surface area (Å²) < 4.78 is 22.6. The number of alkyl halides is 1. The molecule has 2 rings (SSSR count). The lowest BCUT2D eigenvalue weighted by Gasteiger charge is -2.32. The highest BCUT2D eigenvalue weighted by molar-refractivity contribution is 7.89. The number of primary sulfonamides is 1. The van der Waals surface area contributed by atoms with E-state index in [-0.39, 0.29) is 15.5 Å². The van der Waals surface area contributed by atoms with Crippen LogP contribution in [0.4, 0.5) is 5.69 Å². The molecule has 0 spiro atoms. The van der Waals surface area contributed by atoms with E-state index in [1.807, 2.05) is 0 Å². The van der Waals surface area contributed by atoms with Crippen LogP contribution in [-0.4, -0.2) is 27.0 Å². The van der Waals surface area contributed by atoms with Crippen LogP contribution in [0.25, 0.3) is 0 Å². The Bertz CT molecular complexity index is 632. The number of amides is 1. The van der Waals surface area contributed by atoms with Crippen molar-refractivity contribution in [1.29, 1.82) is 0 Å². The molecule has 3 N–H and O–H groups in total. The van der Waals surface area contributed by atoms with Crippen LogP contribution in [0, 0.1) is 0 Å². The summed E-state index contributed by atoms with van der Waals surface area (Å²) in [6.45, 7) is 0. The molecule has 98 valence electrons. The maximum atomic E-state index is 11.7. The minimum atomic E-state index is -3.98. The van der Waals surface area contributed by atoms with Crippen molar-refractivity contribution in [2.75, 3.05) is 11.9 Å². The molecule has 6 nitrogen and oxygen atoms in total. The Hall–Kier alpha value is -1.02. The second-order valence-electron chi connectivity index (χ2n) is 3.76. The molecule has 1 heterocycles. The maximum Gasteiger partial charge on any atom is 0.255 e. The smallest absolute Gasteiger partial charge is 0.255 e. The van der Waals surface area contributed by atoms with Gasteiger partial charge in [0.25, 0.3) is 5.91 Å². The fourth-order valence-corrected chi connectivity index (χ4v) is 2.94. The third-order valence-corrected chi connectivity index (χ3v) is 4.35. The van der Waals surface area contributed by atoms with Gasteiger partial charge < -0.3 is 10.2 Å². The summed E-state index contributed by atoms with van der Waals surface area (Å²) in [6.07, 6.45) is 0. The first-order chi connectivity index (χ1) is 8.21. The molecule has 18 heavy (non-hydrogen) atoms. The third kappa shape index (κ3) is 2.14. The van der Waals surface area contributed by atoms with E-state index in [1.54, 1.807) is 11.9 Å². The summed E-state index contributed by atoms with van der Waals surface area (Å²) >= 11 is 11.7. The van der Waals surface area contributed by atoms with Gasteiger partial charge in [0.15, 0.2) is 5.62 Å². The van der Waals surface area contributed by atoms with E-state index in [2.05, 4.69) is 5.32 Å².